The van der Waals surface area contributed by atoms with Crippen LogP contribution in [0.25, 0.3) is 0 Å². The third kappa shape index (κ3) is 3.02. The van der Waals surface area contributed by atoms with E-state index in [4.69, 9.17) is 17.3 Å². The number of benzene rings is 2. The molecule has 0 radical (unpaired) electrons. The van der Waals surface area contributed by atoms with Crippen molar-refractivity contribution in [3.8, 4) is 0 Å². The van der Waals surface area contributed by atoms with Gasteiger partial charge in [-0.05, 0) is 40.3 Å². The lowest BCUT2D eigenvalue weighted by atomic mass is 9.81. The molecule has 1 atom stereocenters. The first-order chi connectivity index (χ1) is 9.30. The minimum absolute atomic E-state index is 0.0337. The van der Waals surface area contributed by atoms with E-state index in [1.54, 1.807) is 6.07 Å². The third-order valence-corrected chi connectivity index (χ3v) is 3.74. The standard InChI is InChI=1S/C17H19ClFN/c1-17(2,3)14-7-5-4-6-12(14)16(20)13-10-11(19)8-9-15(13)18/h4-10,16H,20H2,1-3H3. The predicted molar refractivity (Wildman–Crippen MR) is 82.6 cm³/mol. The number of rotatable bonds is 2. The SMILES string of the molecule is CC(C)(C)c1ccccc1C(N)c1cc(F)ccc1Cl. The Balaban J connectivity index is 2.54. The zero-order valence-corrected chi connectivity index (χ0v) is 12.7. The second-order valence-corrected chi connectivity index (χ2v) is 6.39. The third-order valence-electron chi connectivity index (χ3n) is 3.40. The smallest absolute Gasteiger partial charge is 0.123 e. The van der Waals surface area contributed by atoms with Crippen LogP contribution in [0.15, 0.2) is 42.5 Å². The molecule has 0 aromatic heterocycles. The van der Waals surface area contributed by atoms with Gasteiger partial charge in [-0.15, -0.1) is 0 Å². The van der Waals surface area contributed by atoms with Gasteiger partial charge in [0.1, 0.15) is 5.82 Å². The van der Waals surface area contributed by atoms with Crippen molar-refractivity contribution in [1.29, 1.82) is 0 Å². The molecule has 3 heteroatoms. The highest BCUT2D eigenvalue weighted by Gasteiger charge is 2.22. The minimum atomic E-state index is -0.436. The van der Waals surface area contributed by atoms with Crippen molar-refractivity contribution in [2.45, 2.75) is 32.2 Å². The average Bonchev–Trinajstić information content (AvgIpc) is 2.40. The van der Waals surface area contributed by atoms with Crippen LogP contribution in [-0.4, -0.2) is 0 Å². The Bertz CT molecular complexity index is 617. The molecule has 20 heavy (non-hydrogen) atoms. The monoisotopic (exact) mass is 291 g/mol. The van der Waals surface area contributed by atoms with Gasteiger partial charge in [0, 0.05) is 5.02 Å². The normalized spacial score (nSPS) is 13.3. The van der Waals surface area contributed by atoms with E-state index in [9.17, 15) is 4.39 Å². The Morgan fingerprint density at radius 3 is 2.35 bits per heavy atom. The van der Waals surface area contributed by atoms with Gasteiger partial charge in [0.25, 0.3) is 0 Å². The molecule has 0 aliphatic rings. The highest BCUT2D eigenvalue weighted by molar-refractivity contribution is 6.31. The highest BCUT2D eigenvalue weighted by atomic mass is 35.5. The molecular weight excluding hydrogens is 273 g/mol. The quantitative estimate of drug-likeness (QED) is 0.843. The summed E-state index contributed by atoms with van der Waals surface area (Å²) in [6, 6.07) is 11.8. The molecule has 0 fully saturated rings. The lowest BCUT2D eigenvalue weighted by Gasteiger charge is -2.26. The van der Waals surface area contributed by atoms with Crippen molar-refractivity contribution < 1.29 is 4.39 Å². The van der Waals surface area contributed by atoms with Crippen LogP contribution >= 0.6 is 11.6 Å². The second kappa shape index (κ2) is 5.55. The van der Waals surface area contributed by atoms with Gasteiger partial charge in [0.05, 0.1) is 6.04 Å². The van der Waals surface area contributed by atoms with Crippen LogP contribution < -0.4 is 5.73 Å². The molecule has 1 unspecified atom stereocenters. The maximum absolute atomic E-state index is 13.4. The Morgan fingerprint density at radius 2 is 1.70 bits per heavy atom. The Kier molecular flexibility index (Phi) is 4.17. The Labute approximate surface area is 124 Å². The van der Waals surface area contributed by atoms with Crippen LogP contribution in [0.1, 0.15) is 43.5 Å². The summed E-state index contributed by atoms with van der Waals surface area (Å²) in [7, 11) is 0. The van der Waals surface area contributed by atoms with Crippen molar-refractivity contribution in [3.05, 3.63) is 70.0 Å². The molecule has 0 heterocycles. The fourth-order valence-corrected chi connectivity index (χ4v) is 2.61. The van der Waals surface area contributed by atoms with E-state index in [-0.39, 0.29) is 11.2 Å². The maximum Gasteiger partial charge on any atom is 0.123 e. The highest BCUT2D eigenvalue weighted by Crippen LogP contribution is 2.34. The van der Waals surface area contributed by atoms with Crippen molar-refractivity contribution in [1.82, 2.24) is 0 Å². The topological polar surface area (TPSA) is 26.0 Å². The number of hydrogen-bond acceptors (Lipinski definition) is 1. The Morgan fingerprint density at radius 1 is 1.05 bits per heavy atom. The van der Waals surface area contributed by atoms with Gasteiger partial charge in [-0.25, -0.2) is 4.39 Å². The molecule has 0 amide bonds. The van der Waals surface area contributed by atoms with Gasteiger partial charge < -0.3 is 5.73 Å². The molecule has 2 aromatic carbocycles. The molecule has 106 valence electrons. The van der Waals surface area contributed by atoms with Gasteiger partial charge in [-0.1, -0.05) is 56.6 Å². The first-order valence-corrected chi connectivity index (χ1v) is 6.98. The molecule has 0 aliphatic heterocycles. The van der Waals surface area contributed by atoms with Gasteiger partial charge >= 0.3 is 0 Å². The molecule has 0 saturated heterocycles. The average molecular weight is 292 g/mol. The van der Waals surface area contributed by atoms with E-state index < -0.39 is 6.04 Å². The molecular formula is C17H19ClFN. The van der Waals surface area contributed by atoms with E-state index in [1.807, 2.05) is 18.2 Å². The van der Waals surface area contributed by atoms with Crippen LogP contribution in [0, 0.1) is 5.82 Å². The summed E-state index contributed by atoms with van der Waals surface area (Å²) in [5, 5.41) is 0.489. The van der Waals surface area contributed by atoms with Gasteiger partial charge in [-0.2, -0.15) is 0 Å². The van der Waals surface area contributed by atoms with E-state index in [0.717, 1.165) is 11.1 Å². The molecule has 0 saturated carbocycles. The number of hydrogen-bond donors (Lipinski definition) is 1. The van der Waals surface area contributed by atoms with E-state index in [2.05, 4.69) is 26.8 Å². The lowest BCUT2D eigenvalue weighted by Crippen LogP contribution is -2.21. The van der Waals surface area contributed by atoms with E-state index in [0.29, 0.717) is 10.6 Å². The predicted octanol–water partition coefficient (Wildman–Crippen LogP) is 4.82. The largest absolute Gasteiger partial charge is 0.320 e. The van der Waals surface area contributed by atoms with Crippen molar-refractivity contribution >= 4 is 11.6 Å². The molecule has 0 aliphatic carbocycles. The summed E-state index contributed by atoms with van der Waals surface area (Å²) in [4.78, 5) is 0. The summed E-state index contributed by atoms with van der Waals surface area (Å²) in [6.07, 6.45) is 0. The van der Waals surface area contributed by atoms with Crippen LogP contribution in [-0.2, 0) is 5.41 Å². The van der Waals surface area contributed by atoms with E-state index >= 15 is 0 Å². The van der Waals surface area contributed by atoms with Crippen LogP contribution in [0.2, 0.25) is 5.02 Å². The molecule has 2 aromatic rings. The van der Waals surface area contributed by atoms with E-state index in [1.165, 1.54) is 12.1 Å². The molecule has 2 rings (SSSR count). The summed E-state index contributed by atoms with van der Waals surface area (Å²) < 4.78 is 13.4. The van der Waals surface area contributed by atoms with Gasteiger partial charge in [0.2, 0.25) is 0 Å². The molecule has 0 bridgehead atoms. The fraction of sp³-hybridized carbons (Fsp3) is 0.294. The zero-order valence-electron chi connectivity index (χ0n) is 12.0. The number of halogens is 2. The van der Waals surface area contributed by atoms with Crippen molar-refractivity contribution in [2.24, 2.45) is 5.73 Å². The summed E-state index contributed by atoms with van der Waals surface area (Å²) in [5.41, 5.74) is 9.04. The summed E-state index contributed by atoms with van der Waals surface area (Å²) in [5.74, 6) is -0.326. The molecule has 0 spiro atoms. The maximum atomic E-state index is 13.4. The first-order valence-electron chi connectivity index (χ1n) is 6.60. The summed E-state index contributed by atoms with van der Waals surface area (Å²) in [6.45, 7) is 6.39. The van der Waals surface area contributed by atoms with Crippen LogP contribution in [0.4, 0.5) is 4.39 Å². The zero-order chi connectivity index (χ0) is 14.9. The lowest BCUT2D eigenvalue weighted by molar-refractivity contribution is 0.577. The van der Waals surface area contributed by atoms with Crippen LogP contribution in [0.5, 0.6) is 0 Å². The van der Waals surface area contributed by atoms with Gasteiger partial charge in [0.15, 0.2) is 0 Å². The second-order valence-electron chi connectivity index (χ2n) is 5.98. The molecule has 2 N–H and O–H groups in total. The van der Waals surface area contributed by atoms with Crippen LogP contribution in [0.3, 0.4) is 0 Å². The summed E-state index contributed by atoms with van der Waals surface area (Å²) >= 11 is 6.16. The van der Waals surface area contributed by atoms with Gasteiger partial charge in [-0.3, -0.25) is 0 Å². The van der Waals surface area contributed by atoms with Crippen molar-refractivity contribution in [3.63, 3.8) is 0 Å². The molecule has 1 nitrogen and oxygen atoms in total. The number of nitrogens with two attached hydrogens (primary N) is 1. The Hall–Kier alpha value is -1.38. The first kappa shape index (κ1) is 15.0. The minimum Gasteiger partial charge on any atom is -0.320 e. The fourth-order valence-electron chi connectivity index (χ4n) is 2.37. The van der Waals surface area contributed by atoms with Crippen molar-refractivity contribution in [2.75, 3.05) is 0 Å².